The van der Waals surface area contributed by atoms with Gasteiger partial charge in [0.15, 0.2) is 0 Å². The van der Waals surface area contributed by atoms with Crippen molar-refractivity contribution >= 4 is 88.2 Å². The molecule has 0 radical (unpaired) electrons. The Hall–Kier alpha value is -7.62. The maximum atomic E-state index is 2.56. The molecule has 0 aliphatic rings. The van der Waals surface area contributed by atoms with E-state index in [-0.39, 0.29) is 10.8 Å². The topological polar surface area (TPSA) is 11.4 Å². The summed E-state index contributed by atoms with van der Waals surface area (Å²) in [6.07, 6.45) is 0. The number of nitrogens with zero attached hydrogens (tertiary/aromatic N) is 3. The van der Waals surface area contributed by atoms with Gasteiger partial charge in [0.1, 0.15) is 0 Å². The lowest BCUT2D eigenvalue weighted by Crippen LogP contribution is -2.13. The Balaban J connectivity index is 1.30. The average Bonchev–Trinajstić information content (AvgIpc) is 3.66. The van der Waals surface area contributed by atoms with E-state index in [2.05, 4.69) is 270 Å². The molecule has 11 aromatic rings. The molecule has 0 amide bonds. The average molecular weight is 868 g/mol. The minimum Gasteiger partial charge on any atom is -0.310 e. The molecule has 0 fully saturated rings. The third-order valence-electron chi connectivity index (χ3n) is 13.8. The van der Waals surface area contributed by atoms with Gasteiger partial charge < -0.3 is 14.4 Å². The molecule has 0 unspecified atom stereocenters. The summed E-state index contributed by atoms with van der Waals surface area (Å²) >= 11 is 0. The van der Waals surface area contributed by atoms with Gasteiger partial charge in [-0.25, -0.2) is 0 Å². The van der Waals surface area contributed by atoms with Gasteiger partial charge in [0.25, 0.3) is 0 Å². The van der Waals surface area contributed by atoms with Crippen LogP contribution in [0.2, 0.25) is 0 Å². The van der Waals surface area contributed by atoms with Crippen LogP contribution in [0.15, 0.2) is 200 Å². The van der Waals surface area contributed by atoms with E-state index >= 15 is 0 Å². The van der Waals surface area contributed by atoms with Crippen molar-refractivity contribution in [3.63, 3.8) is 0 Å². The molecule has 1 heterocycles. The number of rotatable bonds is 7. The summed E-state index contributed by atoms with van der Waals surface area (Å²) in [7, 11) is 0. The zero-order chi connectivity index (χ0) is 46.2. The van der Waals surface area contributed by atoms with Crippen molar-refractivity contribution in [1.29, 1.82) is 0 Å². The summed E-state index contributed by atoms with van der Waals surface area (Å²) < 4.78 is 2.56. The van der Waals surface area contributed by atoms with Crippen LogP contribution >= 0.6 is 0 Å². The Morgan fingerprint density at radius 3 is 1.09 bits per heavy atom. The van der Waals surface area contributed by atoms with E-state index in [4.69, 9.17) is 0 Å². The molecule has 0 aliphatic heterocycles. The van der Waals surface area contributed by atoms with Gasteiger partial charge in [0, 0.05) is 49.7 Å². The van der Waals surface area contributed by atoms with Gasteiger partial charge in [0.05, 0.1) is 28.1 Å². The van der Waals surface area contributed by atoms with Crippen LogP contribution in [0, 0.1) is 13.8 Å². The number of hydrogen-bond donors (Lipinski definition) is 0. The number of anilines is 6. The van der Waals surface area contributed by atoms with Crippen molar-refractivity contribution in [3.05, 3.63) is 222 Å². The van der Waals surface area contributed by atoms with Gasteiger partial charge in [-0.1, -0.05) is 186 Å². The summed E-state index contributed by atoms with van der Waals surface area (Å²) in [5.74, 6) is 0. The fourth-order valence-corrected chi connectivity index (χ4v) is 10.2. The zero-order valence-corrected chi connectivity index (χ0v) is 39.9. The normalized spacial score (nSPS) is 12.2. The van der Waals surface area contributed by atoms with E-state index in [9.17, 15) is 0 Å². The fraction of sp³-hybridized carbons (Fsp3) is 0.156. The van der Waals surface area contributed by atoms with E-state index in [0.29, 0.717) is 0 Å². The molecule has 11 rings (SSSR count). The number of hydrogen-bond acceptors (Lipinski definition) is 2. The molecule has 0 N–H and O–H groups in total. The first kappa shape index (κ1) is 42.0. The predicted molar refractivity (Wildman–Crippen MR) is 290 cm³/mol. The predicted octanol–water partition coefficient (Wildman–Crippen LogP) is 18.4. The summed E-state index contributed by atoms with van der Waals surface area (Å²) in [5, 5.41) is 9.72. The van der Waals surface area contributed by atoms with Crippen molar-refractivity contribution in [3.8, 4) is 5.69 Å². The molecule has 0 atom stereocenters. The number of fused-ring (bicyclic) bond motifs is 8. The lowest BCUT2D eigenvalue weighted by Gasteiger charge is -2.28. The highest BCUT2D eigenvalue weighted by atomic mass is 15.2. The first-order chi connectivity index (χ1) is 32.3. The molecule has 0 bridgehead atoms. The fourth-order valence-electron chi connectivity index (χ4n) is 10.2. The monoisotopic (exact) mass is 867 g/mol. The van der Waals surface area contributed by atoms with E-state index in [1.807, 2.05) is 0 Å². The van der Waals surface area contributed by atoms with E-state index < -0.39 is 0 Å². The maximum absolute atomic E-state index is 2.56. The van der Waals surface area contributed by atoms with Crippen LogP contribution in [0.25, 0.3) is 59.8 Å². The number of benzene rings is 10. The molecule has 3 heteroatoms. The second-order valence-corrected chi connectivity index (χ2v) is 20.4. The van der Waals surface area contributed by atoms with Crippen LogP contribution in [0.1, 0.15) is 63.8 Å². The van der Waals surface area contributed by atoms with Crippen molar-refractivity contribution in [2.75, 3.05) is 9.80 Å². The Kier molecular flexibility index (Phi) is 10.1. The summed E-state index contributed by atoms with van der Waals surface area (Å²) in [6, 6.07) is 74.9. The standard InChI is InChI=1S/C64H57N3/c1-42-24-32-47(33-25-42)65(49-36-28-45(29-37-49)63(3,4)5)57-40-59-61(54-21-13-11-19-52(54)57)62-55-22-14-12-20-53(55)58(41-60(62)67(59)56-23-15-17-44-16-9-10-18-51(44)56)66(48-34-26-43(2)27-35-48)50-38-30-46(31-39-50)64(6,7)8/h9-41H,1-8H3. The highest BCUT2D eigenvalue weighted by Gasteiger charge is 2.27. The third-order valence-corrected chi connectivity index (χ3v) is 13.8. The Morgan fingerprint density at radius 1 is 0.343 bits per heavy atom. The Labute approximate surface area is 395 Å². The van der Waals surface area contributed by atoms with Gasteiger partial charge in [-0.15, -0.1) is 0 Å². The Morgan fingerprint density at radius 2 is 0.687 bits per heavy atom. The van der Waals surface area contributed by atoms with Gasteiger partial charge in [0.2, 0.25) is 0 Å². The van der Waals surface area contributed by atoms with Crippen LogP contribution in [0.4, 0.5) is 34.1 Å². The largest absolute Gasteiger partial charge is 0.310 e. The third kappa shape index (κ3) is 7.31. The summed E-state index contributed by atoms with van der Waals surface area (Å²) in [4.78, 5) is 4.92. The van der Waals surface area contributed by atoms with E-state index in [1.165, 1.54) is 65.3 Å². The van der Waals surface area contributed by atoms with E-state index in [1.54, 1.807) is 0 Å². The molecule has 67 heavy (non-hydrogen) atoms. The molecule has 3 nitrogen and oxygen atoms in total. The second-order valence-electron chi connectivity index (χ2n) is 20.4. The van der Waals surface area contributed by atoms with Crippen LogP contribution in [-0.2, 0) is 10.8 Å². The van der Waals surface area contributed by atoms with Gasteiger partial charge in [-0.05, 0) is 119 Å². The first-order valence-corrected chi connectivity index (χ1v) is 23.7. The van der Waals surface area contributed by atoms with Gasteiger partial charge in [-0.3, -0.25) is 0 Å². The van der Waals surface area contributed by atoms with Crippen LogP contribution < -0.4 is 9.80 Å². The van der Waals surface area contributed by atoms with E-state index in [0.717, 1.165) is 50.8 Å². The second kappa shape index (κ2) is 16.1. The van der Waals surface area contributed by atoms with Crippen molar-refractivity contribution in [2.45, 2.75) is 66.2 Å². The quantitative estimate of drug-likeness (QED) is 0.158. The molecule has 1 aromatic heterocycles. The minimum absolute atomic E-state index is 0.0325. The zero-order valence-electron chi connectivity index (χ0n) is 39.9. The van der Waals surface area contributed by atoms with Crippen molar-refractivity contribution in [1.82, 2.24) is 4.57 Å². The SMILES string of the molecule is Cc1ccc(N(c2ccc(C(C)(C)C)cc2)c2cc3c(c4ccccc24)c2c4ccccc4c(N(c4ccc(C)cc4)c4ccc(C(C)(C)C)cc4)cc2n3-c2cccc3ccccc23)cc1. The molecule has 0 aliphatic carbocycles. The molecule has 0 saturated heterocycles. The minimum atomic E-state index is 0.0325. The molecular formula is C64H57N3. The summed E-state index contributed by atoms with van der Waals surface area (Å²) in [6.45, 7) is 18.0. The van der Waals surface area contributed by atoms with Crippen LogP contribution in [-0.4, -0.2) is 4.57 Å². The van der Waals surface area contributed by atoms with Gasteiger partial charge >= 0.3 is 0 Å². The molecule has 10 aromatic carbocycles. The smallest absolute Gasteiger partial charge is 0.0568 e. The van der Waals surface area contributed by atoms with Crippen molar-refractivity contribution < 1.29 is 0 Å². The van der Waals surface area contributed by atoms with Crippen LogP contribution in [0.3, 0.4) is 0 Å². The molecule has 0 spiro atoms. The molecule has 0 saturated carbocycles. The lowest BCUT2D eigenvalue weighted by atomic mass is 9.87. The molecular weight excluding hydrogens is 811 g/mol. The van der Waals surface area contributed by atoms with Crippen LogP contribution in [0.5, 0.6) is 0 Å². The lowest BCUT2D eigenvalue weighted by molar-refractivity contribution is 0.590. The highest BCUT2D eigenvalue weighted by Crippen LogP contribution is 2.50. The number of aromatic nitrogens is 1. The highest BCUT2D eigenvalue weighted by molar-refractivity contribution is 6.32. The van der Waals surface area contributed by atoms with Crippen molar-refractivity contribution in [2.24, 2.45) is 0 Å². The first-order valence-electron chi connectivity index (χ1n) is 23.7. The van der Waals surface area contributed by atoms with Gasteiger partial charge in [-0.2, -0.15) is 0 Å². The Bertz CT molecular complexity index is 3430. The molecule has 328 valence electrons. The maximum Gasteiger partial charge on any atom is 0.0568 e. The number of aryl methyl sites for hydroxylation is 2. The summed E-state index contributed by atoms with van der Waals surface area (Å²) in [5.41, 5.74) is 15.3.